The van der Waals surface area contributed by atoms with Crippen LogP contribution >= 0.6 is 0 Å². The summed E-state index contributed by atoms with van der Waals surface area (Å²) in [4.78, 5) is 40.0. The molecule has 6 heteroatoms. The van der Waals surface area contributed by atoms with Crippen LogP contribution < -0.4 is 0 Å². The monoisotopic (exact) mass is 684 g/mol. The van der Waals surface area contributed by atoms with E-state index in [4.69, 9.17) is 9.47 Å². The number of esters is 2. The van der Waals surface area contributed by atoms with Gasteiger partial charge in [-0.25, -0.2) is 4.79 Å². The summed E-state index contributed by atoms with van der Waals surface area (Å²) < 4.78 is 12.0. The summed E-state index contributed by atoms with van der Waals surface area (Å²) in [5.74, 6) is -0.272. The fourth-order valence-electron chi connectivity index (χ4n) is 11.3. The van der Waals surface area contributed by atoms with Crippen molar-refractivity contribution in [3.63, 3.8) is 0 Å². The van der Waals surface area contributed by atoms with Gasteiger partial charge < -0.3 is 14.6 Å². The first kappa shape index (κ1) is 36.6. The van der Waals surface area contributed by atoms with Crippen molar-refractivity contribution in [3.05, 3.63) is 69.3 Å². The smallest absolute Gasteiger partial charge is 0.335 e. The van der Waals surface area contributed by atoms with E-state index in [1.165, 1.54) is 22.3 Å². The molecule has 2 fully saturated rings. The van der Waals surface area contributed by atoms with Crippen LogP contribution in [0.4, 0.5) is 0 Å². The lowest BCUT2D eigenvalue weighted by atomic mass is 9.49. The first-order chi connectivity index (χ1) is 23.6. The maximum Gasteiger partial charge on any atom is 0.335 e. The molecule has 2 saturated carbocycles. The molecule has 0 heterocycles. The number of fused-ring (bicyclic) bond motifs is 6. The van der Waals surface area contributed by atoms with Crippen molar-refractivity contribution in [3.8, 4) is 0 Å². The highest BCUT2D eigenvalue weighted by Crippen LogP contribution is 2.59. The Morgan fingerprint density at radius 3 is 1.74 bits per heavy atom. The Kier molecular flexibility index (Phi) is 9.84. The predicted octanol–water partition coefficient (Wildman–Crippen LogP) is 9.83. The van der Waals surface area contributed by atoms with Crippen molar-refractivity contribution in [2.75, 3.05) is 13.2 Å². The molecular weight excluding hydrogens is 624 g/mol. The van der Waals surface area contributed by atoms with Crippen LogP contribution in [0.3, 0.4) is 0 Å². The molecule has 1 N–H and O–H groups in total. The van der Waals surface area contributed by atoms with Gasteiger partial charge in [0.25, 0.3) is 0 Å². The van der Waals surface area contributed by atoms with E-state index in [0.717, 1.165) is 75.3 Å². The van der Waals surface area contributed by atoms with Crippen molar-refractivity contribution in [1.29, 1.82) is 0 Å². The number of rotatable bonds is 9. The highest BCUT2D eigenvalue weighted by molar-refractivity contribution is 5.90. The van der Waals surface area contributed by atoms with Crippen LogP contribution in [0, 0.1) is 22.7 Å². The SMILES string of the molecule is CC(C)c1ccc2c(c1)CCC1C(C)(C(=O)OCCCOC(=O)C3(C)CCCC4(C)c5cc(C(=O)O)c(C(C)C)cc5CCC34)CCCC21C. The van der Waals surface area contributed by atoms with Crippen LogP contribution in [0.2, 0.25) is 0 Å². The van der Waals surface area contributed by atoms with Crippen molar-refractivity contribution in [2.24, 2.45) is 22.7 Å². The summed E-state index contributed by atoms with van der Waals surface area (Å²) in [6, 6.07) is 11.0. The molecule has 0 aliphatic heterocycles. The number of hydrogen-bond donors (Lipinski definition) is 1. The van der Waals surface area contributed by atoms with Crippen molar-refractivity contribution >= 4 is 17.9 Å². The minimum absolute atomic E-state index is 0.0415. The number of carbonyl (C=O) groups is 3. The van der Waals surface area contributed by atoms with Crippen molar-refractivity contribution < 1.29 is 29.0 Å². The first-order valence-corrected chi connectivity index (χ1v) is 19.4. The summed E-state index contributed by atoms with van der Waals surface area (Å²) in [5.41, 5.74) is 6.30. The molecule has 4 aliphatic rings. The molecule has 4 aliphatic carbocycles. The number of carboxylic acids is 1. The summed E-state index contributed by atoms with van der Waals surface area (Å²) in [7, 11) is 0. The van der Waals surface area contributed by atoms with Gasteiger partial charge in [-0.2, -0.15) is 0 Å². The number of ether oxygens (including phenoxy) is 2. The maximum atomic E-state index is 13.9. The molecule has 6 unspecified atom stereocenters. The molecule has 6 atom stereocenters. The average Bonchev–Trinajstić information content (AvgIpc) is 3.06. The average molecular weight is 685 g/mol. The molecule has 0 saturated heterocycles. The molecule has 6 nitrogen and oxygen atoms in total. The molecule has 2 aromatic rings. The van der Waals surface area contributed by atoms with Crippen LogP contribution in [-0.4, -0.2) is 36.2 Å². The van der Waals surface area contributed by atoms with E-state index >= 15 is 0 Å². The van der Waals surface area contributed by atoms with Gasteiger partial charge in [0.05, 0.1) is 29.6 Å². The Balaban J connectivity index is 1.08. The second-order valence-corrected chi connectivity index (χ2v) is 17.8. The third-order valence-corrected chi connectivity index (χ3v) is 14.1. The van der Waals surface area contributed by atoms with Crippen molar-refractivity contribution in [1.82, 2.24) is 0 Å². The summed E-state index contributed by atoms with van der Waals surface area (Å²) >= 11 is 0. The van der Waals surface area contributed by atoms with E-state index < -0.39 is 16.8 Å². The summed E-state index contributed by atoms with van der Waals surface area (Å²) in [5, 5.41) is 10.1. The zero-order valence-electron chi connectivity index (χ0n) is 31.9. The predicted molar refractivity (Wildman–Crippen MR) is 197 cm³/mol. The Bertz CT molecular complexity index is 1660. The Morgan fingerprint density at radius 2 is 1.24 bits per heavy atom. The highest BCUT2D eigenvalue weighted by Gasteiger charge is 2.57. The normalized spacial score (nSPS) is 31.6. The number of carboxylic acid groups (broad SMARTS) is 1. The van der Waals surface area contributed by atoms with Crippen LogP contribution in [-0.2, 0) is 42.7 Å². The third-order valence-electron chi connectivity index (χ3n) is 14.1. The Hall–Kier alpha value is -3.15. The van der Waals surface area contributed by atoms with Gasteiger partial charge >= 0.3 is 17.9 Å². The lowest BCUT2D eigenvalue weighted by Gasteiger charge is -2.54. The van der Waals surface area contributed by atoms with Gasteiger partial charge in [0.2, 0.25) is 0 Å². The molecule has 50 heavy (non-hydrogen) atoms. The zero-order valence-corrected chi connectivity index (χ0v) is 31.9. The summed E-state index contributed by atoms with van der Waals surface area (Å²) in [6.07, 6.45) is 9.66. The molecule has 6 rings (SSSR count). The number of benzene rings is 2. The van der Waals surface area contributed by atoms with Gasteiger partial charge in [-0.05, 0) is 139 Å². The zero-order chi connectivity index (χ0) is 36.2. The second kappa shape index (κ2) is 13.4. The molecule has 0 bridgehead atoms. The summed E-state index contributed by atoms with van der Waals surface area (Å²) in [6.45, 7) is 17.8. The van der Waals surface area contributed by atoms with E-state index in [1.807, 2.05) is 19.9 Å². The van der Waals surface area contributed by atoms with Gasteiger partial charge in [0.1, 0.15) is 0 Å². The largest absolute Gasteiger partial charge is 0.478 e. The Labute approximate surface area is 300 Å². The lowest BCUT2D eigenvalue weighted by Crippen LogP contribution is -2.53. The third kappa shape index (κ3) is 6.00. The van der Waals surface area contributed by atoms with Gasteiger partial charge in [0, 0.05) is 6.42 Å². The number of hydrogen-bond acceptors (Lipinski definition) is 5. The molecule has 2 aromatic carbocycles. The fourth-order valence-corrected chi connectivity index (χ4v) is 11.3. The van der Waals surface area contributed by atoms with E-state index in [0.29, 0.717) is 17.9 Å². The van der Waals surface area contributed by atoms with Gasteiger partial charge in [-0.3, -0.25) is 9.59 Å². The first-order valence-electron chi connectivity index (χ1n) is 19.4. The van der Waals surface area contributed by atoms with Crippen LogP contribution in [0.5, 0.6) is 0 Å². The molecule has 0 amide bonds. The van der Waals surface area contributed by atoms with Crippen LogP contribution in [0.1, 0.15) is 169 Å². The molecule has 272 valence electrons. The minimum atomic E-state index is -0.892. The minimum Gasteiger partial charge on any atom is -0.478 e. The molecule has 0 spiro atoms. The van der Waals surface area contributed by atoms with E-state index in [1.54, 1.807) is 0 Å². The van der Waals surface area contributed by atoms with E-state index in [2.05, 4.69) is 65.8 Å². The van der Waals surface area contributed by atoms with E-state index in [9.17, 15) is 19.5 Å². The molecule has 0 radical (unpaired) electrons. The standard InChI is InChI=1S/C44H60O6/c1-27(2)29-12-15-34-30(24-29)13-16-36-41(34,5)18-9-20-43(36,7)39(47)49-22-11-23-50-40(48)44(8)21-10-19-42(6)35-26-33(38(45)46)32(28(3)4)25-31(35)14-17-37(42)44/h12,15,24-28,36-37H,9-11,13-14,16-23H2,1-8H3,(H,45,46). The molecule has 0 aromatic heterocycles. The molecular formula is C44H60O6. The number of aryl methyl sites for hydroxylation is 2. The number of carbonyl (C=O) groups excluding carboxylic acids is 2. The van der Waals surface area contributed by atoms with Crippen LogP contribution in [0.25, 0.3) is 0 Å². The van der Waals surface area contributed by atoms with E-state index in [-0.39, 0.29) is 53.7 Å². The lowest BCUT2D eigenvalue weighted by molar-refractivity contribution is -0.167. The van der Waals surface area contributed by atoms with Gasteiger partial charge in [-0.1, -0.05) is 78.6 Å². The maximum absolute atomic E-state index is 13.9. The second-order valence-electron chi connectivity index (χ2n) is 17.8. The van der Waals surface area contributed by atoms with Crippen molar-refractivity contribution in [2.45, 2.75) is 149 Å². The van der Waals surface area contributed by atoms with Gasteiger partial charge in [-0.15, -0.1) is 0 Å². The topological polar surface area (TPSA) is 89.9 Å². The van der Waals surface area contributed by atoms with Gasteiger partial charge in [0.15, 0.2) is 0 Å². The quantitative estimate of drug-likeness (QED) is 0.209. The fraction of sp³-hybridized carbons (Fsp3) is 0.659. The highest BCUT2D eigenvalue weighted by atomic mass is 16.5. The Morgan fingerprint density at radius 1 is 0.720 bits per heavy atom. The number of aromatic carboxylic acids is 1. The van der Waals surface area contributed by atoms with Crippen LogP contribution in [0.15, 0.2) is 30.3 Å².